The third-order valence-electron chi connectivity index (χ3n) is 5.72. The fraction of sp³-hybridized carbons (Fsp3) is 0.192. The highest BCUT2D eigenvalue weighted by molar-refractivity contribution is 6.27. The Hall–Kier alpha value is -3.33. The topological polar surface area (TPSA) is 51.2 Å². The van der Waals surface area contributed by atoms with Gasteiger partial charge in [0.15, 0.2) is 17.3 Å². The number of carbonyl (C=O) groups is 3. The van der Waals surface area contributed by atoms with Gasteiger partial charge in [-0.1, -0.05) is 79.7 Å². The Bertz CT molecular complexity index is 1050. The zero-order valence-corrected chi connectivity index (χ0v) is 16.3. The summed E-state index contributed by atoms with van der Waals surface area (Å²) in [5.41, 5.74) is 3.48. The molecule has 0 unspecified atom stereocenters. The predicted molar refractivity (Wildman–Crippen MR) is 113 cm³/mol. The zero-order valence-electron chi connectivity index (χ0n) is 16.3. The van der Waals surface area contributed by atoms with Crippen LogP contribution in [0.3, 0.4) is 0 Å². The van der Waals surface area contributed by atoms with Crippen molar-refractivity contribution in [3.05, 3.63) is 107 Å². The number of fused-ring (bicyclic) bond motifs is 1. The summed E-state index contributed by atoms with van der Waals surface area (Å²) in [6.07, 6.45) is 0.964. The van der Waals surface area contributed by atoms with Crippen molar-refractivity contribution in [3.8, 4) is 0 Å². The van der Waals surface area contributed by atoms with Crippen LogP contribution in [0.15, 0.2) is 78.9 Å². The maximum absolute atomic E-state index is 13.1. The molecule has 144 valence electrons. The summed E-state index contributed by atoms with van der Waals surface area (Å²) in [4.78, 5) is 39.3. The van der Waals surface area contributed by atoms with Gasteiger partial charge < -0.3 is 0 Å². The summed E-state index contributed by atoms with van der Waals surface area (Å²) in [6, 6.07) is 23.9. The molecule has 0 radical (unpaired) electrons. The minimum absolute atomic E-state index is 0.0503. The molecule has 0 fully saturated rings. The van der Waals surface area contributed by atoms with Crippen molar-refractivity contribution in [1.82, 2.24) is 0 Å². The molecule has 0 saturated heterocycles. The van der Waals surface area contributed by atoms with E-state index in [9.17, 15) is 14.4 Å². The summed E-state index contributed by atoms with van der Waals surface area (Å²) in [7, 11) is 0. The number of aryl methyl sites for hydroxylation is 1. The molecule has 29 heavy (non-hydrogen) atoms. The van der Waals surface area contributed by atoms with E-state index in [2.05, 4.69) is 0 Å². The number of hydrogen-bond donors (Lipinski definition) is 0. The lowest BCUT2D eigenvalue weighted by Crippen LogP contribution is -2.26. The first kappa shape index (κ1) is 19.0. The van der Waals surface area contributed by atoms with Crippen LogP contribution in [0.4, 0.5) is 0 Å². The van der Waals surface area contributed by atoms with Crippen LogP contribution in [0.25, 0.3) is 0 Å². The van der Waals surface area contributed by atoms with Crippen molar-refractivity contribution in [3.63, 3.8) is 0 Å². The molecule has 0 bridgehead atoms. The van der Waals surface area contributed by atoms with E-state index in [1.54, 1.807) is 30.3 Å². The standard InChI is InChI=1S/C26H22O3/c1-2-17-9-8-12-19(15-17)23(27)16-22(18-10-4-3-5-11-18)24-25(28)20-13-6-7-14-21(20)26(24)29/h3-15,22,24H,2,16H2,1H3/t22-/m0/s1. The average Bonchev–Trinajstić information content (AvgIpc) is 3.03. The Morgan fingerprint density at radius 1 is 0.828 bits per heavy atom. The number of rotatable bonds is 6. The van der Waals surface area contributed by atoms with Gasteiger partial charge in [0, 0.05) is 29.0 Å². The minimum Gasteiger partial charge on any atom is -0.294 e. The van der Waals surface area contributed by atoms with Crippen LogP contribution < -0.4 is 0 Å². The average molecular weight is 382 g/mol. The van der Waals surface area contributed by atoms with Crippen LogP contribution in [-0.4, -0.2) is 17.3 Å². The van der Waals surface area contributed by atoms with E-state index in [1.165, 1.54) is 0 Å². The van der Waals surface area contributed by atoms with Crippen LogP contribution in [0.5, 0.6) is 0 Å². The quantitative estimate of drug-likeness (QED) is 0.429. The lowest BCUT2D eigenvalue weighted by molar-refractivity contribution is 0.0802. The van der Waals surface area contributed by atoms with Gasteiger partial charge in [-0.25, -0.2) is 0 Å². The van der Waals surface area contributed by atoms with Gasteiger partial charge in [0.1, 0.15) is 0 Å². The van der Waals surface area contributed by atoms with Crippen molar-refractivity contribution in [1.29, 1.82) is 0 Å². The fourth-order valence-electron chi connectivity index (χ4n) is 4.14. The van der Waals surface area contributed by atoms with Gasteiger partial charge in [-0.2, -0.15) is 0 Å². The van der Waals surface area contributed by atoms with Gasteiger partial charge in [-0.15, -0.1) is 0 Å². The Morgan fingerprint density at radius 3 is 2.07 bits per heavy atom. The Kier molecular flexibility index (Phi) is 5.22. The van der Waals surface area contributed by atoms with Crippen molar-refractivity contribution >= 4 is 17.3 Å². The Balaban J connectivity index is 1.71. The molecule has 0 N–H and O–H groups in total. The van der Waals surface area contributed by atoms with Gasteiger partial charge in [-0.3, -0.25) is 14.4 Å². The maximum Gasteiger partial charge on any atom is 0.175 e. The summed E-state index contributed by atoms with van der Waals surface area (Å²) in [5.74, 6) is -1.76. The third kappa shape index (κ3) is 3.56. The minimum atomic E-state index is -0.854. The monoisotopic (exact) mass is 382 g/mol. The highest BCUT2D eigenvalue weighted by Crippen LogP contribution is 2.39. The molecule has 3 aromatic carbocycles. The van der Waals surface area contributed by atoms with E-state index >= 15 is 0 Å². The SMILES string of the molecule is CCc1cccc(C(=O)C[C@@H](c2ccccc2)C2C(=O)c3ccccc3C2=O)c1. The van der Waals surface area contributed by atoms with Gasteiger partial charge in [0.2, 0.25) is 0 Å². The van der Waals surface area contributed by atoms with Gasteiger partial charge in [0.25, 0.3) is 0 Å². The second-order valence-electron chi connectivity index (χ2n) is 7.45. The van der Waals surface area contributed by atoms with Crippen LogP contribution in [0, 0.1) is 5.92 Å². The molecular weight excluding hydrogens is 360 g/mol. The zero-order chi connectivity index (χ0) is 20.4. The van der Waals surface area contributed by atoms with Gasteiger partial charge >= 0.3 is 0 Å². The molecule has 0 saturated carbocycles. The van der Waals surface area contributed by atoms with Crippen molar-refractivity contribution in [2.75, 3.05) is 0 Å². The van der Waals surface area contributed by atoms with E-state index in [4.69, 9.17) is 0 Å². The first-order valence-electron chi connectivity index (χ1n) is 9.94. The first-order valence-corrected chi connectivity index (χ1v) is 9.94. The Labute approximate surface area is 170 Å². The number of benzene rings is 3. The molecule has 3 nitrogen and oxygen atoms in total. The molecule has 0 amide bonds. The van der Waals surface area contributed by atoms with Crippen molar-refractivity contribution in [2.45, 2.75) is 25.7 Å². The number of Topliss-reactive ketones (excluding diaryl/α,β-unsaturated/α-hetero) is 3. The van der Waals surface area contributed by atoms with E-state index < -0.39 is 11.8 Å². The molecule has 1 aliphatic carbocycles. The van der Waals surface area contributed by atoms with Gasteiger partial charge in [0.05, 0.1) is 5.92 Å². The van der Waals surface area contributed by atoms with Crippen LogP contribution in [0.1, 0.15) is 61.5 Å². The molecule has 1 aliphatic rings. The third-order valence-corrected chi connectivity index (χ3v) is 5.72. The number of hydrogen-bond acceptors (Lipinski definition) is 3. The highest BCUT2D eigenvalue weighted by atomic mass is 16.2. The highest BCUT2D eigenvalue weighted by Gasteiger charge is 2.44. The summed E-state index contributed by atoms with van der Waals surface area (Å²) >= 11 is 0. The maximum atomic E-state index is 13.1. The Morgan fingerprint density at radius 2 is 1.45 bits per heavy atom. The molecule has 0 heterocycles. The number of ketones is 3. The van der Waals surface area contributed by atoms with Crippen LogP contribution in [0.2, 0.25) is 0 Å². The molecule has 0 spiro atoms. The summed E-state index contributed by atoms with van der Waals surface area (Å²) < 4.78 is 0. The summed E-state index contributed by atoms with van der Waals surface area (Å²) in [5, 5.41) is 0. The molecular formula is C26H22O3. The second kappa shape index (κ2) is 7.96. The smallest absolute Gasteiger partial charge is 0.175 e. The normalized spacial score (nSPS) is 14.7. The molecule has 3 aromatic rings. The molecule has 0 aromatic heterocycles. The van der Waals surface area contributed by atoms with E-state index in [1.807, 2.05) is 55.5 Å². The lowest BCUT2D eigenvalue weighted by Gasteiger charge is -2.21. The molecule has 0 aliphatic heterocycles. The van der Waals surface area contributed by atoms with E-state index in [-0.39, 0.29) is 23.8 Å². The predicted octanol–water partition coefficient (Wildman–Crippen LogP) is 5.30. The molecule has 3 heteroatoms. The summed E-state index contributed by atoms with van der Waals surface area (Å²) in [6.45, 7) is 2.05. The largest absolute Gasteiger partial charge is 0.294 e. The number of carbonyl (C=O) groups excluding carboxylic acids is 3. The van der Waals surface area contributed by atoms with E-state index in [0.717, 1.165) is 17.5 Å². The van der Waals surface area contributed by atoms with E-state index in [0.29, 0.717) is 16.7 Å². The molecule has 4 rings (SSSR count). The van der Waals surface area contributed by atoms with Crippen molar-refractivity contribution < 1.29 is 14.4 Å². The van der Waals surface area contributed by atoms with Gasteiger partial charge in [-0.05, 0) is 23.6 Å². The fourth-order valence-corrected chi connectivity index (χ4v) is 4.14. The lowest BCUT2D eigenvalue weighted by atomic mass is 9.79. The molecule has 1 atom stereocenters. The first-order chi connectivity index (χ1) is 14.1. The van der Waals surface area contributed by atoms with Crippen LogP contribution >= 0.6 is 0 Å². The van der Waals surface area contributed by atoms with Crippen LogP contribution in [-0.2, 0) is 6.42 Å². The van der Waals surface area contributed by atoms with Crippen molar-refractivity contribution in [2.24, 2.45) is 5.92 Å². The second-order valence-corrected chi connectivity index (χ2v) is 7.45.